The molecule has 3 aliphatic rings. The number of aliphatic hydroxyl groups excluding tert-OH is 1. The molecule has 1 fully saturated rings. The fourth-order valence-corrected chi connectivity index (χ4v) is 6.12. The summed E-state index contributed by atoms with van der Waals surface area (Å²) in [6, 6.07) is 0. The third-order valence-corrected chi connectivity index (χ3v) is 8.82. The summed E-state index contributed by atoms with van der Waals surface area (Å²) in [6.07, 6.45) is 6.77. The number of hydrogen-bond donors (Lipinski definition) is 3. The predicted octanol–water partition coefficient (Wildman–Crippen LogP) is 3.25. The summed E-state index contributed by atoms with van der Waals surface area (Å²) in [5, 5.41) is 20.3. The summed E-state index contributed by atoms with van der Waals surface area (Å²) in [6.45, 7) is 8.39. The van der Waals surface area contributed by atoms with Crippen molar-refractivity contribution in [1.82, 2.24) is 10.3 Å². The standard InChI is InChI=1S/C35H50N4O9/c1-20-16-24-30(41)28(25(31(42)33(24)47-7)19-37-39-14-9-8-10-15-39)38-34(43)21(2)12-11-13-26(45-5)32(48-35(36)44)23(4)18-22(3)29(40)27(17-20)46-6/h11-13,18-20,22,26-27,29,32,40H,8-10,14-17H2,1-7H3,(H2,36,44)(H,38,43). The van der Waals surface area contributed by atoms with Crippen molar-refractivity contribution < 1.29 is 43.2 Å². The molecular formula is C35H50N4O9. The van der Waals surface area contributed by atoms with Crippen molar-refractivity contribution in [2.45, 2.75) is 84.2 Å². The maximum atomic E-state index is 14.1. The number of carbonyl (C=O) groups excluding carboxylic acids is 4. The molecule has 13 nitrogen and oxygen atoms in total. The van der Waals surface area contributed by atoms with Crippen molar-refractivity contribution in [2.75, 3.05) is 34.4 Å². The number of methoxy groups -OCH3 is 3. The number of aliphatic hydroxyl groups is 1. The van der Waals surface area contributed by atoms with Crippen molar-refractivity contribution in [3.63, 3.8) is 0 Å². The molecule has 0 aromatic heterocycles. The molecule has 4 N–H and O–H groups in total. The van der Waals surface area contributed by atoms with Crippen LogP contribution in [-0.4, -0.2) is 98.7 Å². The van der Waals surface area contributed by atoms with Crippen LogP contribution in [0, 0.1) is 11.8 Å². The molecular weight excluding hydrogens is 620 g/mol. The Balaban J connectivity index is 2.15. The van der Waals surface area contributed by atoms with Gasteiger partial charge in [-0.05, 0) is 57.4 Å². The van der Waals surface area contributed by atoms with E-state index >= 15 is 0 Å². The van der Waals surface area contributed by atoms with Crippen molar-refractivity contribution in [3.8, 4) is 0 Å². The number of nitrogens with zero attached hydrogens (tertiary/aromatic N) is 2. The second kappa shape index (κ2) is 17.9. The van der Waals surface area contributed by atoms with Crippen LogP contribution in [0.5, 0.6) is 0 Å². The van der Waals surface area contributed by atoms with Gasteiger partial charge in [0.1, 0.15) is 11.8 Å². The lowest BCUT2D eigenvalue weighted by molar-refractivity contribution is -0.121. The molecule has 0 aromatic carbocycles. The summed E-state index contributed by atoms with van der Waals surface area (Å²) < 4.78 is 22.2. The zero-order chi connectivity index (χ0) is 35.5. The van der Waals surface area contributed by atoms with Crippen molar-refractivity contribution >= 4 is 29.8 Å². The van der Waals surface area contributed by atoms with Crippen LogP contribution in [0.15, 0.2) is 63.2 Å². The number of hydrazone groups is 1. The highest BCUT2D eigenvalue weighted by molar-refractivity contribution is 6.32. The predicted molar refractivity (Wildman–Crippen MR) is 179 cm³/mol. The van der Waals surface area contributed by atoms with Crippen molar-refractivity contribution in [3.05, 3.63) is 58.1 Å². The average Bonchev–Trinajstić information content (AvgIpc) is 3.06. The van der Waals surface area contributed by atoms with Gasteiger partial charge in [-0.1, -0.05) is 38.2 Å². The lowest BCUT2D eigenvalue weighted by atomic mass is 9.84. The van der Waals surface area contributed by atoms with Crippen molar-refractivity contribution in [2.24, 2.45) is 22.7 Å². The smallest absolute Gasteiger partial charge is 0.405 e. The number of ether oxygens (including phenoxy) is 4. The Labute approximate surface area is 282 Å². The molecule has 2 bridgehead atoms. The molecule has 48 heavy (non-hydrogen) atoms. The van der Waals surface area contributed by atoms with Crippen LogP contribution in [0.4, 0.5) is 4.79 Å². The number of hydrogen-bond acceptors (Lipinski definition) is 11. The summed E-state index contributed by atoms with van der Waals surface area (Å²) >= 11 is 0. The molecule has 2 aliphatic heterocycles. The minimum Gasteiger partial charge on any atom is -0.492 e. The van der Waals surface area contributed by atoms with Crippen molar-refractivity contribution in [1.29, 1.82) is 0 Å². The number of Topliss-reactive ketones (excluding diaryl/α,β-unsaturated/α-hetero) is 2. The first kappa shape index (κ1) is 38.4. The molecule has 264 valence electrons. The normalized spacial score (nSPS) is 28.8. The van der Waals surface area contributed by atoms with Crippen LogP contribution in [0.1, 0.15) is 59.8 Å². The summed E-state index contributed by atoms with van der Waals surface area (Å²) in [4.78, 5) is 53.3. The first-order valence-electron chi connectivity index (χ1n) is 16.3. The zero-order valence-electron chi connectivity index (χ0n) is 29.0. The molecule has 13 heteroatoms. The Bertz CT molecular complexity index is 1400. The van der Waals surface area contributed by atoms with Gasteiger partial charge in [0.2, 0.25) is 11.6 Å². The van der Waals surface area contributed by atoms with E-state index in [9.17, 15) is 24.3 Å². The number of fused-ring (bicyclic) bond motifs is 2. The van der Waals surface area contributed by atoms with Crippen LogP contribution in [0.3, 0.4) is 0 Å². The number of allylic oxidation sites excluding steroid dienone is 4. The lowest BCUT2D eigenvalue weighted by Crippen LogP contribution is -2.38. The Hall–Kier alpha value is -4.07. The van der Waals surface area contributed by atoms with E-state index in [-0.39, 0.29) is 40.5 Å². The molecule has 2 amide bonds. The summed E-state index contributed by atoms with van der Waals surface area (Å²) in [5.74, 6) is -2.58. The summed E-state index contributed by atoms with van der Waals surface area (Å²) in [5.41, 5.74) is 6.03. The van der Waals surface area contributed by atoms with Gasteiger partial charge in [-0.3, -0.25) is 19.4 Å². The number of piperidine rings is 1. The first-order chi connectivity index (χ1) is 22.8. The third kappa shape index (κ3) is 9.74. The Morgan fingerprint density at radius 1 is 1.06 bits per heavy atom. The number of amides is 2. The largest absolute Gasteiger partial charge is 0.492 e. The van der Waals surface area contributed by atoms with E-state index < -0.39 is 53.9 Å². The molecule has 0 spiro atoms. The van der Waals surface area contributed by atoms with Gasteiger partial charge in [0, 0.05) is 44.4 Å². The van der Waals surface area contributed by atoms with E-state index in [1.54, 1.807) is 39.0 Å². The van der Waals surface area contributed by atoms with Gasteiger partial charge in [0.25, 0.3) is 5.91 Å². The minimum atomic E-state index is -1.01. The second-order valence-electron chi connectivity index (χ2n) is 12.5. The van der Waals surface area contributed by atoms with E-state index in [1.807, 2.05) is 11.9 Å². The summed E-state index contributed by atoms with van der Waals surface area (Å²) in [7, 11) is 4.25. The van der Waals surface area contributed by atoms with E-state index in [2.05, 4.69) is 10.4 Å². The van der Waals surface area contributed by atoms with Gasteiger partial charge >= 0.3 is 6.09 Å². The number of ketones is 2. The zero-order valence-corrected chi connectivity index (χ0v) is 29.0. The molecule has 6 unspecified atom stereocenters. The molecule has 0 saturated carbocycles. The van der Waals surface area contributed by atoms with Gasteiger partial charge in [-0.25, -0.2) is 4.79 Å². The van der Waals surface area contributed by atoms with E-state index in [4.69, 9.17) is 24.7 Å². The quantitative estimate of drug-likeness (QED) is 0.216. The Morgan fingerprint density at radius 3 is 2.35 bits per heavy atom. The molecule has 6 atom stereocenters. The molecule has 3 rings (SSSR count). The maximum absolute atomic E-state index is 14.1. The number of carbonyl (C=O) groups is 4. The molecule has 1 aliphatic carbocycles. The fourth-order valence-electron chi connectivity index (χ4n) is 6.12. The minimum absolute atomic E-state index is 0.0761. The maximum Gasteiger partial charge on any atom is 0.405 e. The van der Waals surface area contributed by atoms with Crippen LogP contribution in [0.2, 0.25) is 0 Å². The average molecular weight is 671 g/mol. The lowest BCUT2D eigenvalue weighted by Gasteiger charge is -2.30. The SMILES string of the molecule is COC1=C2CC(C)CC(OC)C(O)C(C)C=C(C)C(OC(N)=O)C(OC)C=CC=C(C)C(=O)NC(=C(C=NN3CCCCC3)C1=O)C2=O. The topological polar surface area (TPSA) is 179 Å². The van der Waals surface area contributed by atoms with E-state index in [1.165, 1.54) is 33.6 Å². The van der Waals surface area contributed by atoms with Gasteiger partial charge in [0.15, 0.2) is 11.9 Å². The van der Waals surface area contributed by atoms with Crippen LogP contribution < -0.4 is 11.1 Å². The van der Waals surface area contributed by atoms with Crippen LogP contribution >= 0.6 is 0 Å². The monoisotopic (exact) mass is 670 g/mol. The number of nitrogens with two attached hydrogens (primary N) is 1. The second-order valence-corrected chi connectivity index (χ2v) is 12.5. The van der Waals surface area contributed by atoms with E-state index in [0.717, 1.165) is 19.3 Å². The third-order valence-electron chi connectivity index (χ3n) is 8.82. The molecule has 2 heterocycles. The van der Waals surface area contributed by atoms with Gasteiger partial charge in [-0.2, -0.15) is 5.10 Å². The number of rotatable bonds is 6. The van der Waals surface area contributed by atoms with E-state index in [0.29, 0.717) is 25.1 Å². The Morgan fingerprint density at radius 2 is 1.75 bits per heavy atom. The molecule has 1 saturated heterocycles. The van der Waals surface area contributed by atoms with Crippen LogP contribution in [0.25, 0.3) is 0 Å². The number of nitrogens with one attached hydrogen (secondary N) is 1. The Kier molecular flexibility index (Phi) is 14.3. The van der Waals surface area contributed by atoms with Crippen LogP contribution in [-0.2, 0) is 33.3 Å². The highest BCUT2D eigenvalue weighted by atomic mass is 16.6. The molecule has 0 aromatic rings. The highest BCUT2D eigenvalue weighted by Crippen LogP contribution is 2.31. The highest BCUT2D eigenvalue weighted by Gasteiger charge is 2.38. The van der Waals surface area contributed by atoms with Gasteiger partial charge < -0.3 is 35.1 Å². The van der Waals surface area contributed by atoms with Gasteiger partial charge in [-0.15, -0.1) is 0 Å². The number of primary amides is 1. The fraction of sp³-hybridized carbons (Fsp3) is 0.571. The first-order valence-corrected chi connectivity index (χ1v) is 16.3. The molecule has 0 radical (unpaired) electrons. The van der Waals surface area contributed by atoms with Gasteiger partial charge in [0.05, 0.1) is 31.1 Å².